The zero-order valence-electron chi connectivity index (χ0n) is 25.1. The molecule has 4 amide bonds. The Labute approximate surface area is 263 Å². The van der Waals surface area contributed by atoms with Crippen LogP contribution >= 0.6 is 0 Å². The molecule has 1 aliphatic heterocycles. The summed E-state index contributed by atoms with van der Waals surface area (Å²) < 4.78 is 41.2. The summed E-state index contributed by atoms with van der Waals surface area (Å²) in [7, 11) is 0. The van der Waals surface area contributed by atoms with E-state index < -0.39 is 59.8 Å². The second kappa shape index (κ2) is 13.6. The molecule has 0 unspecified atom stereocenters. The molecule has 0 bridgehead atoms. The summed E-state index contributed by atoms with van der Waals surface area (Å²) in [5.74, 6) is -5.72. The van der Waals surface area contributed by atoms with Crippen LogP contribution in [0.2, 0.25) is 0 Å². The van der Waals surface area contributed by atoms with Gasteiger partial charge in [0.25, 0.3) is 5.91 Å². The van der Waals surface area contributed by atoms with Crippen LogP contribution in [0.15, 0.2) is 48.5 Å². The first-order valence-electron chi connectivity index (χ1n) is 15.6. The fourth-order valence-corrected chi connectivity index (χ4v) is 6.97. The van der Waals surface area contributed by atoms with Crippen molar-refractivity contribution in [1.29, 1.82) is 0 Å². The predicted molar refractivity (Wildman–Crippen MR) is 160 cm³/mol. The van der Waals surface area contributed by atoms with Gasteiger partial charge in [0.1, 0.15) is 12.6 Å². The van der Waals surface area contributed by atoms with Gasteiger partial charge in [0.15, 0.2) is 11.3 Å². The molecule has 246 valence electrons. The molecule has 2 aliphatic carbocycles. The van der Waals surface area contributed by atoms with Crippen LogP contribution in [-0.4, -0.2) is 65.9 Å². The highest BCUT2D eigenvalue weighted by molar-refractivity contribution is 6.05. The van der Waals surface area contributed by atoms with Gasteiger partial charge in [0, 0.05) is 12.5 Å². The quantitative estimate of drug-likeness (QED) is 0.254. The zero-order valence-corrected chi connectivity index (χ0v) is 25.1. The van der Waals surface area contributed by atoms with E-state index in [1.165, 1.54) is 12.1 Å². The van der Waals surface area contributed by atoms with Crippen LogP contribution in [0, 0.1) is 11.8 Å². The van der Waals surface area contributed by atoms with Gasteiger partial charge in [0.05, 0.1) is 6.04 Å². The maximum atomic E-state index is 14.5. The number of aliphatic hydroxyl groups is 1. The van der Waals surface area contributed by atoms with Crippen molar-refractivity contribution in [2.45, 2.75) is 75.2 Å². The maximum absolute atomic E-state index is 14.5. The lowest BCUT2D eigenvalue weighted by atomic mass is 9.83. The summed E-state index contributed by atoms with van der Waals surface area (Å²) in [6.45, 7) is -0.481. The minimum Gasteiger partial charge on any atom is -0.389 e. The number of carbonyl (C=O) groups excluding carboxylic acids is 5. The molecule has 2 fully saturated rings. The van der Waals surface area contributed by atoms with E-state index in [0.717, 1.165) is 32.1 Å². The van der Waals surface area contributed by atoms with Gasteiger partial charge in [-0.1, -0.05) is 80.6 Å². The molecule has 10 nitrogen and oxygen atoms in total. The summed E-state index contributed by atoms with van der Waals surface area (Å²) in [4.78, 5) is 65.8. The van der Waals surface area contributed by atoms with Crippen LogP contribution in [0.1, 0.15) is 62.5 Å². The molecule has 3 aliphatic rings. The number of aliphatic hydroxyl groups excluding tert-OH is 1. The number of ketones is 1. The van der Waals surface area contributed by atoms with E-state index in [0.29, 0.717) is 24.1 Å². The largest absolute Gasteiger partial charge is 0.471 e. The topological polar surface area (TPSA) is 154 Å². The molecule has 2 aromatic rings. The van der Waals surface area contributed by atoms with E-state index in [1.807, 2.05) is 5.32 Å². The van der Waals surface area contributed by atoms with Gasteiger partial charge in [0.2, 0.25) is 11.8 Å². The molecule has 2 aromatic carbocycles. The lowest BCUT2D eigenvalue weighted by molar-refractivity contribution is -0.176. The molecule has 5 N–H and O–H groups in total. The van der Waals surface area contributed by atoms with Crippen molar-refractivity contribution in [3.63, 3.8) is 0 Å². The Morgan fingerprint density at radius 3 is 2.02 bits per heavy atom. The monoisotopic (exact) mass is 642 g/mol. The first-order chi connectivity index (χ1) is 22.0. The van der Waals surface area contributed by atoms with E-state index in [1.54, 1.807) is 36.4 Å². The third kappa shape index (κ3) is 6.64. The summed E-state index contributed by atoms with van der Waals surface area (Å²) in [5.41, 5.74) is -1.19. The van der Waals surface area contributed by atoms with Crippen LogP contribution in [0.5, 0.6) is 0 Å². The first-order valence-corrected chi connectivity index (χ1v) is 15.6. The van der Waals surface area contributed by atoms with E-state index in [2.05, 4.69) is 16.0 Å². The Balaban J connectivity index is 1.51. The van der Waals surface area contributed by atoms with E-state index in [-0.39, 0.29) is 35.8 Å². The van der Waals surface area contributed by atoms with E-state index in [9.17, 15) is 42.3 Å². The van der Waals surface area contributed by atoms with Crippen molar-refractivity contribution in [3.8, 4) is 11.1 Å². The SMILES string of the molecule is O=C1NCC[C@H]1C[C@H](NC(=O)[C@H](CC1CCCCC1)NC(=O)C1(NC(=O)C(F)(F)F)c2ccccc2-c2ccccc21)C(=O)CO. The Hall–Kier alpha value is -4.26. The molecule has 46 heavy (non-hydrogen) atoms. The van der Waals surface area contributed by atoms with Gasteiger partial charge in [-0.25, -0.2) is 0 Å². The average molecular weight is 643 g/mol. The van der Waals surface area contributed by atoms with Gasteiger partial charge in [-0.3, -0.25) is 24.0 Å². The van der Waals surface area contributed by atoms with E-state index >= 15 is 0 Å². The Morgan fingerprint density at radius 1 is 0.870 bits per heavy atom. The van der Waals surface area contributed by atoms with Crippen molar-refractivity contribution in [3.05, 3.63) is 59.7 Å². The van der Waals surface area contributed by atoms with Gasteiger partial charge in [-0.05, 0) is 47.4 Å². The molecule has 0 aromatic heterocycles. The summed E-state index contributed by atoms with van der Waals surface area (Å²) in [6.07, 6.45) is -0.457. The van der Waals surface area contributed by atoms with Gasteiger partial charge in [-0.2, -0.15) is 13.2 Å². The van der Waals surface area contributed by atoms with Crippen molar-refractivity contribution >= 4 is 29.4 Å². The number of benzene rings is 2. The third-order valence-corrected chi connectivity index (χ3v) is 9.31. The van der Waals surface area contributed by atoms with Gasteiger partial charge < -0.3 is 26.4 Å². The zero-order chi connectivity index (χ0) is 33.1. The number of rotatable bonds is 11. The fourth-order valence-electron chi connectivity index (χ4n) is 6.97. The number of hydrogen-bond donors (Lipinski definition) is 5. The number of hydrogen-bond acceptors (Lipinski definition) is 6. The minimum atomic E-state index is -5.32. The van der Waals surface area contributed by atoms with Crippen LogP contribution < -0.4 is 21.3 Å². The van der Waals surface area contributed by atoms with Gasteiger partial charge in [-0.15, -0.1) is 0 Å². The van der Waals surface area contributed by atoms with Crippen molar-refractivity contribution in [2.75, 3.05) is 13.2 Å². The molecular formula is C33H37F3N4O6. The van der Waals surface area contributed by atoms with Crippen LogP contribution in [0.4, 0.5) is 13.2 Å². The number of halogens is 3. The third-order valence-electron chi connectivity index (χ3n) is 9.31. The predicted octanol–water partition coefficient (Wildman–Crippen LogP) is 2.62. The Bertz CT molecular complexity index is 1460. The van der Waals surface area contributed by atoms with Gasteiger partial charge >= 0.3 is 12.1 Å². The highest BCUT2D eigenvalue weighted by Crippen LogP contribution is 2.48. The Kier molecular flexibility index (Phi) is 9.80. The van der Waals surface area contributed by atoms with Crippen molar-refractivity contribution in [2.24, 2.45) is 11.8 Å². The summed E-state index contributed by atoms with van der Waals surface area (Å²) in [5, 5.41) is 19.5. The lowest BCUT2D eigenvalue weighted by Gasteiger charge is -2.35. The summed E-state index contributed by atoms with van der Waals surface area (Å²) in [6, 6.07) is 10.1. The number of nitrogens with one attached hydrogen (secondary N) is 4. The first kappa shape index (κ1) is 33.1. The minimum absolute atomic E-state index is 0.00118. The second-order valence-corrected chi connectivity index (χ2v) is 12.3. The standard InChI is InChI=1S/C33H37F3N4O6/c34-33(35,36)31(46)40-32(23-12-6-4-10-21(23)22-11-5-7-13-24(22)32)30(45)39-26(16-19-8-2-1-3-9-19)29(44)38-25(27(42)18-41)17-20-14-15-37-28(20)43/h4-7,10-13,19-20,25-26,41H,1-3,8-9,14-18H2,(H,37,43)(H,38,44)(H,39,45)(H,40,46)/t20-,25-,26-/m0/s1. The molecule has 0 spiro atoms. The normalized spacial score (nSPS) is 20.1. The maximum Gasteiger partial charge on any atom is 0.471 e. The molecule has 13 heteroatoms. The second-order valence-electron chi connectivity index (χ2n) is 12.3. The van der Waals surface area contributed by atoms with Crippen LogP contribution in [0.3, 0.4) is 0 Å². The highest BCUT2D eigenvalue weighted by atomic mass is 19.4. The number of carbonyl (C=O) groups is 5. The Morgan fingerprint density at radius 2 is 1.48 bits per heavy atom. The molecule has 3 atom stereocenters. The van der Waals surface area contributed by atoms with Crippen molar-refractivity contribution < 1.29 is 42.3 Å². The smallest absolute Gasteiger partial charge is 0.389 e. The molecule has 0 radical (unpaired) electrons. The average Bonchev–Trinajstić information content (AvgIpc) is 3.58. The van der Waals surface area contributed by atoms with Crippen LogP contribution in [0.25, 0.3) is 11.1 Å². The molecule has 1 saturated carbocycles. The van der Waals surface area contributed by atoms with Crippen LogP contribution in [-0.2, 0) is 29.5 Å². The molecule has 5 rings (SSSR count). The number of amides is 4. The number of Topliss-reactive ketones (excluding diaryl/α,β-unsaturated/α-hetero) is 1. The summed E-state index contributed by atoms with van der Waals surface area (Å²) >= 11 is 0. The number of alkyl halides is 3. The van der Waals surface area contributed by atoms with E-state index in [4.69, 9.17) is 0 Å². The van der Waals surface area contributed by atoms with Crippen molar-refractivity contribution in [1.82, 2.24) is 21.3 Å². The number of fused-ring (bicyclic) bond motifs is 3. The molecular weight excluding hydrogens is 605 g/mol. The lowest BCUT2D eigenvalue weighted by Crippen LogP contribution is -2.62. The molecule has 1 saturated heterocycles. The molecule has 1 heterocycles. The highest BCUT2D eigenvalue weighted by Gasteiger charge is 2.54. The fraction of sp³-hybridized carbons (Fsp3) is 0.485.